The number of hydrogen-bond acceptors (Lipinski definition) is 4. The number of nitrogens with one attached hydrogen (secondary N) is 2. The van der Waals surface area contributed by atoms with Crippen molar-refractivity contribution in [1.29, 1.82) is 0 Å². The first-order chi connectivity index (χ1) is 18.6. The highest BCUT2D eigenvalue weighted by atomic mass is 16.5. The summed E-state index contributed by atoms with van der Waals surface area (Å²) < 4.78 is 5.57. The number of amides is 1. The number of ether oxygens (including phenoxy) is 1. The predicted molar refractivity (Wildman–Crippen MR) is 145 cm³/mol. The van der Waals surface area contributed by atoms with Crippen LogP contribution < -0.4 is 5.32 Å². The molecule has 0 spiro atoms. The van der Waals surface area contributed by atoms with Crippen molar-refractivity contribution in [2.24, 2.45) is 0 Å². The Morgan fingerprint density at radius 2 is 1.61 bits per heavy atom. The van der Waals surface area contributed by atoms with Gasteiger partial charge in [-0.15, -0.1) is 0 Å². The van der Waals surface area contributed by atoms with Crippen LogP contribution in [-0.4, -0.2) is 39.8 Å². The summed E-state index contributed by atoms with van der Waals surface area (Å²) in [5, 5.41) is 13.3. The lowest BCUT2D eigenvalue weighted by Gasteiger charge is -2.17. The number of carboxylic acids is 1. The Balaban J connectivity index is 1.15. The Kier molecular flexibility index (Phi) is 6.09. The minimum Gasteiger partial charge on any atom is -0.480 e. The molecule has 0 bridgehead atoms. The molecule has 0 saturated heterocycles. The van der Waals surface area contributed by atoms with Crippen LogP contribution in [0.4, 0.5) is 4.79 Å². The van der Waals surface area contributed by atoms with Gasteiger partial charge in [-0.3, -0.25) is 4.98 Å². The molecule has 0 radical (unpaired) electrons. The monoisotopic (exact) mass is 503 g/mol. The first kappa shape index (κ1) is 23.5. The second-order valence-corrected chi connectivity index (χ2v) is 9.37. The number of alkyl carbamates (subject to hydrolysis) is 1. The average molecular weight is 504 g/mol. The number of aromatic nitrogens is 2. The molecule has 3 N–H and O–H groups in total. The number of benzene rings is 3. The van der Waals surface area contributed by atoms with E-state index in [-0.39, 0.29) is 18.9 Å². The van der Waals surface area contributed by atoms with Crippen molar-refractivity contribution in [2.75, 3.05) is 6.61 Å². The van der Waals surface area contributed by atoms with Crippen molar-refractivity contribution < 1.29 is 19.4 Å². The van der Waals surface area contributed by atoms with Gasteiger partial charge in [-0.25, -0.2) is 9.59 Å². The number of aromatic amines is 1. The molecule has 1 unspecified atom stereocenters. The van der Waals surface area contributed by atoms with Crippen LogP contribution in [0.25, 0.3) is 33.2 Å². The van der Waals surface area contributed by atoms with Crippen molar-refractivity contribution in [3.8, 4) is 22.3 Å². The van der Waals surface area contributed by atoms with Crippen molar-refractivity contribution in [3.63, 3.8) is 0 Å². The molecule has 1 atom stereocenters. The van der Waals surface area contributed by atoms with E-state index in [1.54, 1.807) is 18.6 Å². The van der Waals surface area contributed by atoms with Crippen LogP contribution in [0.15, 0.2) is 97.5 Å². The summed E-state index contributed by atoms with van der Waals surface area (Å²) in [6, 6.07) is 24.8. The molecule has 0 aliphatic heterocycles. The molecule has 2 heterocycles. The summed E-state index contributed by atoms with van der Waals surface area (Å²) in [4.78, 5) is 32.0. The number of carbonyl (C=O) groups is 2. The number of fused-ring (bicyclic) bond motifs is 4. The number of H-pyrrole nitrogens is 1. The van der Waals surface area contributed by atoms with E-state index in [4.69, 9.17) is 4.74 Å². The van der Waals surface area contributed by atoms with Gasteiger partial charge in [0.15, 0.2) is 0 Å². The average Bonchev–Trinajstić information content (AvgIpc) is 3.50. The molecular weight excluding hydrogens is 478 g/mol. The lowest BCUT2D eigenvalue weighted by Crippen LogP contribution is -2.42. The van der Waals surface area contributed by atoms with Crippen LogP contribution in [0, 0.1) is 0 Å². The number of carboxylic acid groups (broad SMARTS) is 1. The minimum atomic E-state index is -1.13. The number of rotatable bonds is 7. The lowest BCUT2D eigenvalue weighted by molar-refractivity contribution is -0.139. The maximum Gasteiger partial charge on any atom is 0.407 e. The zero-order chi connectivity index (χ0) is 26.1. The number of pyridine rings is 1. The topological polar surface area (TPSA) is 104 Å². The SMILES string of the molecule is O=C(NC(Cc1c[nH]c2cc(-c3ccncc3)ccc12)C(=O)O)OCC1c2ccccc2-c2ccccc21. The molecule has 2 aromatic heterocycles. The summed E-state index contributed by atoms with van der Waals surface area (Å²) in [7, 11) is 0. The Morgan fingerprint density at radius 3 is 2.29 bits per heavy atom. The van der Waals surface area contributed by atoms with Gasteiger partial charge in [0.05, 0.1) is 0 Å². The van der Waals surface area contributed by atoms with E-state index < -0.39 is 18.1 Å². The highest BCUT2D eigenvalue weighted by Crippen LogP contribution is 2.44. The Labute approximate surface area is 219 Å². The summed E-state index contributed by atoms with van der Waals surface area (Å²) in [5.41, 5.74) is 8.21. The second-order valence-electron chi connectivity index (χ2n) is 9.37. The van der Waals surface area contributed by atoms with Crippen molar-refractivity contribution in [2.45, 2.75) is 18.4 Å². The molecule has 1 aliphatic carbocycles. The normalized spacial score (nSPS) is 13.1. The van der Waals surface area contributed by atoms with Gasteiger partial charge in [-0.1, -0.05) is 60.7 Å². The summed E-state index contributed by atoms with van der Waals surface area (Å²) >= 11 is 0. The fourth-order valence-electron chi connectivity index (χ4n) is 5.28. The van der Waals surface area contributed by atoms with E-state index in [1.807, 2.05) is 66.7 Å². The zero-order valence-corrected chi connectivity index (χ0v) is 20.4. The smallest absolute Gasteiger partial charge is 0.407 e. The fourth-order valence-corrected chi connectivity index (χ4v) is 5.28. The molecule has 1 aliphatic rings. The summed E-state index contributed by atoms with van der Waals surface area (Å²) in [6.45, 7) is 0.122. The maximum atomic E-state index is 12.7. The van der Waals surface area contributed by atoms with Gasteiger partial charge in [0.1, 0.15) is 12.6 Å². The van der Waals surface area contributed by atoms with E-state index >= 15 is 0 Å². The van der Waals surface area contributed by atoms with Crippen LogP contribution in [0.5, 0.6) is 0 Å². The first-order valence-electron chi connectivity index (χ1n) is 12.4. The molecule has 7 nitrogen and oxygen atoms in total. The molecule has 5 aromatic rings. The summed E-state index contributed by atoms with van der Waals surface area (Å²) in [6.07, 6.45) is 4.64. The van der Waals surface area contributed by atoms with Gasteiger partial charge in [0, 0.05) is 41.8 Å². The van der Waals surface area contributed by atoms with Gasteiger partial charge in [0.2, 0.25) is 0 Å². The van der Waals surface area contributed by atoms with Gasteiger partial charge in [-0.2, -0.15) is 0 Å². The number of hydrogen-bond donors (Lipinski definition) is 3. The van der Waals surface area contributed by atoms with Gasteiger partial charge < -0.3 is 20.1 Å². The third-order valence-electron chi connectivity index (χ3n) is 7.14. The first-order valence-corrected chi connectivity index (χ1v) is 12.4. The van der Waals surface area contributed by atoms with E-state index in [9.17, 15) is 14.7 Å². The highest BCUT2D eigenvalue weighted by molar-refractivity contribution is 5.89. The Bertz CT molecular complexity index is 1600. The molecule has 7 heteroatoms. The van der Waals surface area contributed by atoms with E-state index in [1.165, 1.54) is 0 Å². The van der Waals surface area contributed by atoms with Crippen LogP contribution in [-0.2, 0) is 16.0 Å². The zero-order valence-electron chi connectivity index (χ0n) is 20.4. The van der Waals surface area contributed by atoms with Crippen LogP contribution >= 0.6 is 0 Å². The third-order valence-corrected chi connectivity index (χ3v) is 7.14. The maximum absolute atomic E-state index is 12.7. The molecular formula is C31H25N3O4. The van der Waals surface area contributed by atoms with Gasteiger partial charge in [-0.05, 0) is 57.1 Å². The number of aliphatic carboxylic acids is 1. The van der Waals surface area contributed by atoms with Crippen molar-refractivity contribution in [3.05, 3.63) is 114 Å². The summed E-state index contributed by atoms with van der Waals surface area (Å²) in [5.74, 6) is -1.22. The fraction of sp³-hybridized carbons (Fsp3) is 0.129. The second kappa shape index (κ2) is 9.86. The molecule has 6 rings (SSSR count). The van der Waals surface area contributed by atoms with Crippen LogP contribution in [0.3, 0.4) is 0 Å². The third kappa shape index (κ3) is 4.39. The Morgan fingerprint density at radius 1 is 0.921 bits per heavy atom. The molecule has 188 valence electrons. The minimum absolute atomic E-state index is 0.0976. The van der Waals surface area contributed by atoms with E-state index in [0.717, 1.165) is 49.8 Å². The van der Waals surface area contributed by atoms with Crippen LogP contribution in [0.2, 0.25) is 0 Å². The quantitative estimate of drug-likeness (QED) is 0.262. The van der Waals surface area contributed by atoms with Crippen molar-refractivity contribution in [1.82, 2.24) is 15.3 Å². The van der Waals surface area contributed by atoms with Crippen LogP contribution in [0.1, 0.15) is 22.6 Å². The molecule has 1 amide bonds. The van der Waals surface area contributed by atoms with E-state index in [2.05, 4.69) is 27.4 Å². The highest BCUT2D eigenvalue weighted by Gasteiger charge is 2.30. The molecule has 38 heavy (non-hydrogen) atoms. The van der Waals surface area contributed by atoms with E-state index in [0.29, 0.717) is 0 Å². The number of nitrogens with zero attached hydrogens (tertiary/aromatic N) is 1. The van der Waals surface area contributed by atoms with Crippen molar-refractivity contribution >= 4 is 23.0 Å². The van der Waals surface area contributed by atoms with Gasteiger partial charge in [0.25, 0.3) is 0 Å². The predicted octanol–water partition coefficient (Wildman–Crippen LogP) is 5.76. The molecule has 3 aromatic carbocycles. The lowest BCUT2D eigenvalue weighted by atomic mass is 9.98. The Hall–Kier alpha value is -4.91. The van der Waals surface area contributed by atoms with Gasteiger partial charge >= 0.3 is 12.1 Å². The molecule has 0 saturated carbocycles. The largest absolute Gasteiger partial charge is 0.480 e. The standard InChI is InChI=1S/C31H25N3O4/c35-30(36)29(16-21-17-33-28-15-20(9-10-22(21)28)19-11-13-32-14-12-19)34-31(37)38-18-27-25-7-3-1-5-23(25)24-6-2-4-8-26(24)27/h1-15,17,27,29,33H,16,18H2,(H,34,37)(H,35,36). The molecule has 0 fully saturated rings. The number of carbonyl (C=O) groups excluding carboxylic acids is 1.